The number of benzene rings is 2. The normalized spacial score (nSPS) is 15.0. The van der Waals surface area contributed by atoms with Gasteiger partial charge in [0.15, 0.2) is 0 Å². The summed E-state index contributed by atoms with van der Waals surface area (Å²) in [6.07, 6.45) is 2.08. The van der Waals surface area contributed by atoms with Gasteiger partial charge in [-0.2, -0.15) is 0 Å². The molecule has 33 heavy (non-hydrogen) atoms. The number of aromatic nitrogens is 2. The van der Waals surface area contributed by atoms with Crippen molar-refractivity contribution in [2.24, 2.45) is 0 Å². The Bertz CT molecular complexity index is 1410. The van der Waals surface area contributed by atoms with Crippen LogP contribution in [0.25, 0.3) is 22.4 Å². The Morgan fingerprint density at radius 3 is 2.58 bits per heavy atom. The number of rotatable bonds is 4. The minimum absolute atomic E-state index is 0.0458. The van der Waals surface area contributed by atoms with Crippen LogP contribution in [0.4, 0.5) is 5.69 Å². The van der Waals surface area contributed by atoms with E-state index in [4.69, 9.17) is 4.52 Å². The van der Waals surface area contributed by atoms with E-state index in [0.717, 1.165) is 35.2 Å². The van der Waals surface area contributed by atoms with E-state index < -0.39 is 0 Å². The van der Waals surface area contributed by atoms with Crippen LogP contribution in [0.3, 0.4) is 0 Å². The van der Waals surface area contributed by atoms with E-state index in [2.05, 4.69) is 15.5 Å². The molecule has 0 unspecified atom stereocenters. The van der Waals surface area contributed by atoms with Crippen molar-refractivity contribution in [3.63, 3.8) is 0 Å². The Labute approximate surface area is 190 Å². The van der Waals surface area contributed by atoms with Crippen molar-refractivity contribution in [2.75, 3.05) is 5.32 Å². The number of fused-ring (bicyclic) bond motifs is 2. The second kappa shape index (κ2) is 7.55. The number of amides is 2. The predicted octanol–water partition coefficient (Wildman–Crippen LogP) is 4.88. The lowest BCUT2D eigenvalue weighted by molar-refractivity contribution is -0.129. The molecular weight excluding hydrogens is 416 g/mol. The lowest BCUT2D eigenvalue weighted by atomic mass is 10.0. The molecule has 7 heteroatoms. The highest BCUT2D eigenvalue weighted by Crippen LogP contribution is 2.43. The first-order valence-electron chi connectivity index (χ1n) is 11.1. The zero-order valence-corrected chi connectivity index (χ0v) is 18.2. The Morgan fingerprint density at radius 1 is 1.03 bits per heavy atom. The Hall–Kier alpha value is -4.00. The fraction of sp³-hybridized carbons (Fsp3) is 0.231. The molecule has 0 atom stereocenters. The molecule has 2 aliphatic rings. The molecule has 2 aromatic carbocycles. The molecule has 2 aromatic heterocycles. The van der Waals surface area contributed by atoms with Gasteiger partial charge in [0.05, 0.1) is 22.3 Å². The van der Waals surface area contributed by atoms with Gasteiger partial charge in [0, 0.05) is 37.2 Å². The third-order valence-corrected chi connectivity index (χ3v) is 6.38. The van der Waals surface area contributed by atoms with E-state index in [-0.39, 0.29) is 11.8 Å². The van der Waals surface area contributed by atoms with Crippen LogP contribution in [-0.4, -0.2) is 26.9 Å². The summed E-state index contributed by atoms with van der Waals surface area (Å²) < 4.78 is 5.57. The fourth-order valence-corrected chi connectivity index (χ4v) is 4.44. The third kappa shape index (κ3) is 3.55. The van der Waals surface area contributed by atoms with Gasteiger partial charge in [-0.15, -0.1) is 0 Å². The van der Waals surface area contributed by atoms with E-state index in [1.807, 2.05) is 54.6 Å². The quantitative estimate of drug-likeness (QED) is 0.491. The number of nitrogens with one attached hydrogen (secondary N) is 1. The summed E-state index contributed by atoms with van der Waals surface area (Å²) >= 11 is 0. The van der Waals surface area contributed by atoms with Crippen molar-refractivity contribution in [3.8, 4) is 11.3 Å². The average molecular weight is 438 g/mol. The number of hydrogen-bond acceptors (Lipinski definition) is 5. The van der Waals surface area contributed by atoms with Gasteiger partial charge >= 0.3 is 0 Å². The van der Waals surface area contributed by atoms with Crippen LogP contribution in [-0.2, 0) is 17.9 Å². The topological polar surface area (TPSA) is 88.3 Å². The van der Waals surface area contributed by atoms with Crippen molar-refractivity contribution in [1.29, 1.82) is 0 Å². The zero-order valence-electron chi connectivity index (χ0n) is 18.2. The van der Waals surface area contributed by atoms with Crippen LogP contribution in [0.5, 0.6) is 0 Å². The summed E-state index contributed by atoms with van der Waals surface area (Å²) in [5, 5.41) is 7.99. The first kappa shape index (κ1) is 19.7. The second-order valence-electron chi connectivity index (χ2n) is 8.76. The molecule has 1 fully saturated rings. The van der Waals surface area contributed by atoms with Crippen molar-refractivity contribution in [1.82, 2.24) is 15.0 Å². The number of carbonyl (C=O) groups excluding carboxylic acids is 2. The molecule has 0 saturated heterocycles. The van der Waals surface area contributed by atoms with Crippen molar-refractivity contribution in [3.05, 3.63) is 77.0 Å². The highest BCUT2D eigenvalue weighted by atomic mass is 16.5. The van der Waals surface area contributed by atoms with E-state index in [9.17, 15) is 9.59 Å². The molecule has 3 heterocycles. The highest BCUT2D eigenvalue weighted by Gasteiger charge is 2.32. The molecule has 1 N–H and O–H groups in total. The SMILES string of the molecule is CC(=O)N1Cc2ccc(NC(=O)c3cc(-c4ccccc4)nc4onc(C5CC5)c34)cc2C1. The van der Waals surface area contributed by atoms with Gasteiger partial charge in [0.25, 0.3) is 11.6 Å². The summed E-state index contributed by atoms with van der Waals surface area (Å²) in [4.78, 5) is 31.7. The van der Waals surface area contributed by atoms with Crippen molar-refractivity contribution >= 4 is 28.6 Å². The minimum Gasteiger partial charge on any atom is -0.335 e. The molecule has 7 nitrogen and oxygen atoms in total. The smallest absolute Gasteiger partial charge is 0.259 e. The van der Waals surface area contributed by atoms with Gasteiger partial charge in [-0.05, 0) is 42.2 Å². The summed E-state index contributed by atoms with van der Waals surface area (Å²) in [7, 11) is 0. The molecule has 4 aromatic rings. The lowest BCUT2D eigenvalue weighted by Gasteiger charge is -2.11. The number of hydrogen-bond donors (Lipinski definition) is 1. The van der Waals surface area contributed by atoms with Crippen molar-refractivity contribution < 1.29 is 14.1 Å². The first-order chi connectivity index (χ1) is 16.1. The van der Waals surface area contributed by atoms with E-state index in [1.165, 1.54) is 0 Å². The fourth-order valence-electron chi connectivity index (χ4n) is 4.44. The first-order valence-corrected chi connectivity index (χ1v) is 11.1. The van der Waals surface area contributed by atoms with Gasteiger partial charge in [-0.25, -0.2) is 4.98 Å². The number of carbonyl (C=O) groups is 2. The second-order valence-corrected chi connectivity index (χ2v) is 8.76. The predicted molar refractivity (Wildman–Crippen MR) is 124 cm³/mol. The highest BCUT2D eigenvalue weighted by molar-refractivity contribution is 6.13. The Morgan fingerprint density at radius 2 is 1.82 bits per heavy atom. The van der Waals surface area contributed by atoms with Crippen LogP contribution in [0.15, 0.2) is 59.1 Å². The van der Waals surface area contributed by atoms with E-state index in [1.54, 1.807) is 11.8 Å². The number of anilines is 1. The van der Waals surface area contributed by atoms with Gasteiger partial charge in [0.1, 0.15) is 0 Å². The maximum atomic E-state index is 13.5. The zero-order chi connectivity index (χ0) is 22.5. The minimum atomic E-state index is -0.231. The standard InChI is InChI=1S/C26H22N4O3/c1-15(31)30-13-18-9-10-20(11-19(18)14-30)27-25(32)21-12-22(16-5-3-2-4-6-16)28-26-23(21)24(29-33-26)17-7-8-17/h2-6,9-12,17H,7-8,13-14H2,1H3,(H,27,32). The molecule has 0 spiro atoms. The third-order valence-electron chi connectivity index (χ3n) is 6.38. The van der Waals surface area contributed by atoms with E-state index in [0.29, 0.717) is 47.1 Å². The summed E-state index contributed by atoms with van der Waals surface area (Å²) in [6.45, 7) is 2.74. The Balaban J connectivity index is 1.38. The van der Waals surface area contributed by atoms with Crippen LogP contribution < -0.4 is 5.32 Å². The molecule has 6 rings (SSSR count). The number of pyridine rings is 1. The molecule has 164 valence electrons. The maximum absolute atomic E-state index is 13.5. The molecule has 0 radical (unpaired) electrons. The molecule has 2 amide bonds. The molecule has 1 saturated carbocycles. The van der Waals surface area contributed by atoms with E-state index >= 15 is 0 Å². The van der Waals surface area contributed by atoms with Crippen LogP contribution >= 0.6 is 0 Å². The number of nitrogens with zero attached hydrogens (tertiary/aromatic N) is 3. The van der Waals surface area contributed by atoms with Gasteiger partial charge in [-0.1, -0.05) is 41.6 Å². The summed E-state index contributed by atoms with van der Waals surface area (Å²) in [5.41, 5.74) is 6.13. The average Bonchev–Trinajstić information content (AvgIpc) is 3.43. The summed E-state index contributed by atoms with van der Waals surface area (Å²) in [6, 6.07) is 17.3. The molecule has 1 aliphatic carbocycles. The molecule has 1 aliphatic heterocycles. The largest absolute Gasteiger partial charge is 0.335 e. The van der Waals surface area contributed by atoms with Crippen LogP contribution in [0, 0.1) is 0 Å². The van der Waals surface area contributed by atoms with Crippen LogP contribution in [0.1, 0.15) is 52.9 Å². The maximum Gasteiger partial charge on any atom is 0.259 e. The van der Waals surface area contributed by atoms with Gasteiger partial charge in [-0.3, -0.25) is 9.59 Å². The Kier molecular flexibility index (Phi) is 4.50. The monoisotopic (exact) mass is 438 g/mol. The molecule has 0 bridgehead atoms. The van der Waals surface area contributed by atoms with Gasteiger partial charge in [0.2, 0.25) is 5.91 Å². The summed E-state index contributed by atoms with van der Waals surface area (Å²) in [5.74, 6) is 0.134. The van der Waals surface area contributed by atoms with Crippen LogP contribution in [0.2, 0.25) is 0 Å². The van der Waals surface area contributed by atoms with Gasteiger partial charge < -0.3 is 14.7 Å². The lowest BCUT2D eigenvalue weighted by Crippen LogP contribution is -2.21. The van der Waals surface area contributed by atoms with Crippen molar-refractivity contribution in [2.45, 2.75) is 38.8 Å². The molecular formula is C26H22N4O3.